The van der Waals surface area contributed by atoms with E-state index >= 15 is 0 Å². The number of carbonyl (C=O) groups excluding carboxylic acids is 2. The van der Waals surface area contributed by atoms with Gasteiger partial charge in [0.05, 0.1) is 11.3 Å². The second kappa shape index (κ2) is 7.43. The molecule has 1 aliphatic rings. The average molecular weight is 413 g/mol. The van der Waals surface area contributed by atoms with Crippen LogP contribution in [0.25, 0.3) is 16.6 Å². The van der Waals surface area contributed by atoms with Gasteiger partial charge in [0, 0.05) is 35.4 Å². The minimum atomic E-state index is -0.404. The van der Waals surface area contributed by atoms with E-state index in [9.17, 15) is 9.59 Å². The molecule has 5 rings (SSSR count). The van der Waals surface area contributed by atoms with Crippen LogP contribution in [-0.4, -0.2) is 26.2 Å². The maximum absolute atomic E-state index is 12.9. The van der Waals surface area contributed by atoms with Crippen molar-refractivity contribution in [2.45, 2.75) is 26.2 Å². The highest BCUT2D eigenvalue weighted by molar-refractivity contribution is 6.08. The number of aromatic nitrogens is 3. The van der Waals surface area contributed by atoms with Crippen LogP contribution in [0.3, 0.4) is 0 Å². The number of fused-ring (bicyclic) bond motifs is 2. The topological polar surface area (TPSA) is 81.0 Å². The van der Waals surface area contributed by atoms with Crippen molar-refractivity contribution >= 4 is 22.7 Å². The first-order chi connectivity index (χ1) is 15.0. The number of nitrogens with zero attached hydrogens (tertiary/aromatic N) is 3. The Labute approximate surface area is 179 Å². The van der Waals surface area contributed by atoms with Crippen LogP contribution >= 0.6 is 0 Å². The Morgan fingerprint density at radius 1 is 0.968 bits per heavy atom. The van der Waals surface area contributed by atoms with Crippen molar-refractivity contribution in [1.82, 2.24) is 25.2 Å². The number of amides is 2. The van der Waals surface area contributed by atoms with Gasteiger partial charge in [-0.1, -0.05) is 36.4 Å². The van der Waals surface area contributed by atoms with Gasteiger partial charge in [0.1, 0.15) is 0 Å². The fourth-order valence-corrected chi connectivity index (χ4v) is 4.38. The van der Waals surface area contributed by atoms with Crippen molar-refractivity contribution in [3.63, 3.8) is 0 Å². The summed E-state index contributed by atoms with van der Waals surface area (Å²) in [6, 6.07) is 15.6. The summed E-state index contributed by atoms with van der Waals surface area (Å²) in [6.07, 6.45) is 4.44. The van der Waals surface area contributed by atoms with E-state index in [0.717, 1.165) is 52.7 Å². The molecule has 0 atom stereocenters. The standard InChI is InChI=1S/C24H23N5O2/c1-15-8-3-5-11-19(15)29-21-13-7-10-17(21)22(27-29)24(31)26-25-23(30)18-14-28(2)20-12-6-4-9-16(18)20/h3-6,8-9,11-12,14H,7,10,13H2,1-2H3,(H,25,30)(H,26,31). The van der Waals surface area contributed by atoms with Gasteiger partial charge in [0.2, 0.25) is 0 Å². The smallest absolute Gasteiger partial charge is 0.290 e. The van der Waals surface area contributed by atoms with Crippen LogP contribution in [0.4, 0.5) is 0 Å². The number of hydrazine groups is 1. The molecule has 2 aromatic carbocycles. The summed E-state index contributed by atoms with van der Waals surface area (Å²) in [7, 11) is 1.89. The highest BCUT2D eigenvalue weighted by Crippen LogP contribution is 2.28. The molecule has 4 aromatic rings. The lowest BCUT2D eigenvalue weighted by Crippen LogP contribution is -2.42. The van der Waals surface area contributed by atoms with E-state index in [1.165, 1.54) is 0 Å². The molecule has 0 bridgehead atoms. The van der Waals surface area contributed by atoms with Crippen molar-refractivity contribution in [1.29, 1.82) is 0 Å². The Kier molecular flexibility index (Phi) is 4.58. The molecule has 0 aliphatic heterocycles. The molecular formula is C24H23N5O2. The van der Waals surface area contributed by atoms with Gasteiger partial charge in [-0.25, -0.2) is 4.68 Å². The van der Waals surface area contributed by atoms with E-state index < -0.39 is 5.91 Å². The Balaban J connectivity index is 1.40. The number of hydrogen-bond donors (Lipinski definition) is 2. The quantitative estimate of drug-likeness (QED) is 0.506. The van der Waals surface area contributed by atoms with Gasteiger partial charge < -0.3 is 4.57 Å². The molecule has 7 heteroatoms. The maximum atomic E-state index is 12.9. The molecule has 0 saturated carbocycles. The Morgan fingerprint density at radius 2 is 1.71 bits per heavy atom. The first kappa shape index (κ1) is 19.1. The van der Waals surface area contributed by atoms with Gasteiger partial charge in [0.25, 0.3) is 11.8 Å². The zero-order valence-corrected chi connectivity index (χ0v) is 17.5. The van der Waals surface area contributed by atoms with Gasteiger partial charge in [-0.05, 0) is 43.9 Å². The lowest BCUT2D eigenvalue weighted by molar-refractivity contribution is 0.0844. The Bertz CT molecular complexity index is 1330. The predicted molar refractivity (Wildman–Crippen MR) is 118 cm³/mol. The Hall–Kier alpha value is -3.87. The van der Waals surface area contributed by atoms with Gasteiger partial charge >= 0.3 is 0 Å². The van der Waals surface area contributed by atoms with Crippen molar-refractivity contribution in [3.05, 3.63) is 82.8 Å². The van der Waals surface area contributed by atoms with Gasteiger partial charge in [-0.3, -0.25) is 20.4 Å². The SMILES string of the molecule is Cc1ccccc1-n1nc(C(=O)NNC(=O)c2cn(C)c3ccccc23)c2c1CCC2. The molecule has 0 unspecified atom stereocenters. The van der Waals surface area contributed by atoms with Gasteiger partial charge in [-0.15, -0.1) is 0 Å². The lowest BCUT2D eigenvalue weighted by Gasteiger charge is -2.08. The second-order valence-corrected chi connectivity index (χ2v) is 7.90. The fraction of sp³-hybridized carbons (Fsp3) is 0.208. The van der Waals surface area contributed by atoms with Crippen LogP contribution in [0.15, 0.2) is 54.7 Å². The molecule has 0 saturated heterocycles. The number of para-hydroxylation sites is 2. The lowest BCUT2D eigenvalue weighted by atomic mass is 10.1. The normalized spacial score (nSPS) is 12.7. The largest absolute Gasteiger partial charge is 0.350 e. The Morgan fingerprint density at radius 3 is 2.55 bits per heavy atom. The summed E-state index contributed by atoms with van der Waals surface area (Å²) in [5, 5.41) is 5.45. The van der Waals surface area contributed by atoms with Crippen LogP contribution in [0.5, 0.6) is 0 Å². The number of nitrogens with one attached hydrogen (secondary N) is 2. The summed E-state index contributed by atoms with van der Waals surface area (Å²) in [5.74, 6) is -0.765. The number of hydrogen-bond acceptors (Lipinski definition) is 3. The maximum Gasteiger partial charge on any atom is 0.290 e. The first-order valence-corrected chi connectivity index (χ1v) is 10.4. The summed E-state index contributed by atoms with van der Waals surface area (Å²) < 4.78 is 3.77. The van der Waals surface area contributed by atoms with Crippen LogP contribution in [-0.2, 0) is 19.9 Å². The predicted octanol–water partition coefficient (Wildman–Crippen LogP) is 3.24. The zero-order chi connectivity index (χ0) is 21.5. The van der Waals surface area contributed by atoms with E-state index in [-0.39, 0.29) is 5.91 Å². The highest BCUT2D eigenvalue weighted by atomic mass is 16.2. The molecule has 2 N–H and O–H groups in total. The molecule has 7 nitrogen and oxygen atoms in total. The molecule has 0 radical (unpaired) electrons. The number of aryl methyl sites for hydroxylation is 2. The van der Waals surface area contributed by atoms with Crippen molar-refractivity contribution in [2.24, 2.45) is 7.05 Å². The van der Waals surface area contributed by atoms with Crippen LogP contribution in [0.2, 0.25) is 0 Å². The monoisotopic (exact) mass is 413 g/mol. The average Bonchev–Trinajstić information content (AvgIpc) is 3.47. The van der Waals surface area contributed by atoms with E-state index in [0.29, 0.717) is 11.3 Å². The third kappa shape index (κ3) is 3.18. The van der Waals surface area contributed by atoms with Crippen molar-refractivity contribution in [3.8, 4) is 5.69 Å². The van der Waals surface area contributed by atoms with E-state index in [1.54, 1.807) is 6.20 Å². The van der Waals surface area contributed by atoms with Crippen LogP contribution in [0, 0.1) is 6.92 Å². The first-order valence-electron chi connectivity index (χ1n) is 10.4. The van der Waals surface area contributed by atoms with E-state index in [1.807, 2.05) is 71.8 Å². The number of carbonyl (C=O) groups is 2. The fourth-order valence-electron chi connectivity index (χ4n) is 4.38. The summed E-state index contributed by atoms with van der Waals surface area (Å²) in [6.45, 7) is 2.03. The highest BCUT2D eigenvalue weighted by Gasteiger charge is 2.27. The number of benzene rings is 2. The molecular weight excluding hydrogens is 390 g/mol. The molecule has 156 valence electrons. The summed E-state index contributed by atoms with van der Waals surface area (Å²) >= 11 is 0. The summed E-state index contributed by atoms with van der Waals surface area (Å²) in [4.78, 5) is 25.7. The second-order valence-electron chi connectivity index (χ2n) is 7.90. The molecule has 2 heterocycles. The minimum Gasteiger partial charge on any atom is -0.350 e. The molecule has 2 amide bonds. The molecule has 0 spiro atoms. The van der Waals surface area contributed by atoms with Crippen LogP contribution in [0.1, 0.15) is 44.1 Å². The summed E-state index contributed by atoms with van der Waals surface area (Å²) in [5.41, 5.74) is 11.0. The third-order valence-corrected chi connectivity index (χ3v) is 5.92. The number of rotatable bonds is 3. The van der Waals surface area contributed by atoms with Gasteiger partial charge in [0.15, 0.2) is 5.69 Å². The molecule has 2 aromatic heterocycles. The molecule has 1 aliphatic carbocycles. The zero-order valence-electron chi connectivity index (χ0n) is 17.5. The van der Waals surface area contributed by atoms with E-state index in [2.05, 4.69) is 16.0 Å². The third-order valence-electron chi connectivity index (χ3n) is 5.92. The van der Waals surface area contributed by atoms with Crippen molar-refractivity contribution < 1.29 is 9.59 Å². The van der Waals surface area contributed by atoms with E-state index in [4.69, 9.17) is 0 Å². The van der Waals surface area contributed by atoms with Gasteiger partial charge in [-0.2, -0.15) is 5.10 Å². The molecule has 0 fully saturated rings. The minimum absolute atomic E-state index is 0.361. The van der Waals surface area contributed by atoms with Crippen molar-refractivity contribution in [2.75, 3.05) is 0 Å². The van der Waals surface area contributed by atoms with Crippen LogP contribution < -0.4 is 10.9 Å². The molecule has 31 heavy (non-hydrogen) atoms.